The Bertz CT molecular complexity index is 732. The first-order valence-electron chi connectivity index (χ1n) is 6.91. The molecule has 0 atom stereocenters. The molecule has 3 aromatic rings. The lowest BCUT2D eigenvalue weighted by atomic mass is 10.1. The number of nitrogens with one attached hydrogen (secondary N) is 1. The smallest absolute Gasteiger partial charge is 0.247 e. The monoisotopic (exact) mass is 279 g/mol. The third kappa shape index (κ3) is 3.11. The molecule has 0 bridgehead atoms. The molecule has 2 aromatic carbocycles. The van der Waals surface area contributed by atoms with Crippen molar-refractivity contribution in [1.82, 2.24) is 10.2 Å². The van der Waals surface area contributed by atoms with E-state index in [0.29, 0.717) is 18.3 Å². The molecule has 0 saturated heterocycles. The van der Waals surface area contributed by atoms with Crippen LogP contribution in [0.3, 0.4) is 0 Å². The van der Waals surface area contributed by atoms with E-state index in [-0.39, 0.29) is 0 Å². The highest BCUT2D eigenvalue weighted by atomic mass is 16.4. The second-order valence-corrected chi connectivity index (χ2v) is 5.04. The molecule has 0 radical (unpaired) electrons. The Labute approximate surface area is 123 Å². The predicted octanol–water partition coefficient (Wildman–Crippen LogP) is 3.97. The Morgan fingerprint density at radius 2 is 1.71 bits per heavy atom. The van der Waals surface area contributed by atoms with E-state index in [1.54, 1.807) is 0 Å². The van der Waals surface area contributed by atoms with Crippen LogP contribution in [0.1, 0.15) is 17.0 Å². The van der Waals surface area contributed by atoms with Gasteiger partial charge in [-0.25, -0.2) is 0 Å². The standard InChI is InChI=1S/C17H17N3O/c1-12-7-9-14(10-8-12)17-20-19-16(21-17)11-18-15-6-4-3-5-13(15)2/h3-10,18H,11H2,1-2H3. The molecule has 3 rings (SSSR count). The molecule has 1 N–H and O–H groups in total. The Morgan fingerprint density at radius 1 is 0.952 bits per heavy atom. The van der Waals surface area contributed by atoms with Crippen LogP contribution in [0.4, 0.5) is 5.69 Å². The summed E-state index contributed by atoms with van der Waals surface area (Å²) in [5.74, 6) is 1.13. The fourth-order valence-corrected chi connectivity index (χ4v) is 2.08. The number of para-hydroxylation sites is 1. The zero-order chi connectivity index (χ0) is 14.7. The Hall–Kier alpha value is -2.62. The van der Waals surface area contributed by atoms with Crippen LogP contribution in [-0.2, 0) is 6.54 Å². The maximum atomic E-state index is 5.69. The first kappa shape index (κ1) is 13.4. The highest BCUT2D eigenvalue weighted by Crippen LogP contribution is 2.19. The van der Waals surface area contributed by atoms with Gasteiger partial charge in [0.2, 0.25) is 11.8 Å². The molecule has 1 aromatic heterocycles. The molecule has 4 heteroatoms. The van der Waals surface area contributed by atoms with Crippen LogP contribution in [0.2, 0.25) is 0 Å². The molecule has 21 heavy (non-hydrogen) atoms. The summed E-state index contributed by atoms with van der Waals surface area (Å²) in [6.07, 6.45) is 0. The van der Waals surface area contributed by atoms with Gasteiger partial charge >= 0.3 is 0 Å². The minimum absolute atomic E-state index is 0.518. The SMILES string of the molecule is Cc1ccc(-c2nnc(CNc3ccccc3C)o2)cc1. The minimum Gasteiger partial charge on any atom is -0.419 e. The molecule has 4 nitrogen and oxygen atoms in total. The van der Waals surface area contributed by atoms with Crippen molar-refractivity contribution in [2.24, 2.45) is 0 Å². The lowest BCUT2D eigenvalue weighted by Gasteiger charge is -2.06. The van der Waals surface area contributed by atoms with Crippen LogP contribution in [0.5, 0.6) is 0 Å². The molecular weight excluding hydrogens is 262 g/mol. The zero-order valence-electron chi connectivity index (χ0n) is 12.1. The van der Waals surface area contributed by atoms with Gasteiger partial charge in [0.25, 0.3) is 0 Å². The van der Waals surface area contributed by atoms with Crippen LogP contribution in [0, 0.1) is 13.8 Å². The first-order chi connectivity index (χ1) is 10.2. The number of hydrogen-bond acceptors (Lipinski definition) is 4. The number of aryl methyl sites for hydroxylation is 2. The van der Waals surface area contributed by atoms with Crippen molar-refractivity contribution in [2.75, 3.05) is 5.32 Å². The number of benzene rings is 2. The summed E-state index contributed by atoms with van der Waals surface area (Å²) in [5, 5.41) is 11.5. The molecular formula is C17H17N3O. The summed E-state index contributed by atoms with van der Waals surface area (Å²) in [5.41, 5.74) is 4.42. The first-order valence-corrected chi connectivity index (χ1v) is 6.91. The van der Waals surface area contributed by atoms with Gasteiger partial charge in [-0.3, -0.25) is 0 Å². The molecule has 0 aliphatic carbocycles. The second-order valence-electron chi connectivity index (χ2n) is 5.04. The van der Waals surface area contributed by atoms with Crippen molar-refractivity contribution >= 4 is 5.69 Å². The second kappa shape index (κ2) is 5.79. The zero-order valence-corrected chi connectivity index (χ0v) is 12.1. The van der Waals surface area contributed by atoms with Crippen molar-refractivity contribution < 1.29 is 4.42 Å². The predicted molar refractivity (Wildman–Crippen MR) is 83.0 cm³/mol. The van der Waals surface area contributed by atoms with Crippen molar-refractivity contribution in [1.29, 1.82) is 0 Å². The van der Waals surface area contributed by atoms with Crippen LogP contribution in [0.25, 0.3) is 11.5 Å². The number of nitrogens with zero attached hydrogens (tertiary/aromatic N) is 2. The van der Waals surface area contributed by atoms with Gasteiger partial charge in [-0.2, -0.15) is 0 Å². The van der Waals surface area contributed by atoms with Gasteiger partial charge in [0, 0.05) is 11.3 Å². The fourth-order valence-electron chi connectivity index (χ4n) is 2.08. The van der Waals surface area contributed by atoms with Gasteiger partial charge in [-0.05, 0) is 37.6 Å². The summed E-state index contributed by atoms with van der Waals surface area (Å²) >= 11 is 0. The molecule has 0 spiro atoms. The summed E-state index contributed by atoms with van der Waals surface area (Å²) in [7, 11) is 0. The van der Waals surface area contributed by atoms with Crippen LogP contribution >= 0.6 is 0 Å². The van der Waals surface area contributed by atoms with Gasteiger partial charge < -0.3 is 9.73 Å². The molecule has 0 fully saturated rings. The van der Waals surface area contributed by atoms with E-state index in [9.17, 15) is 0 Å². The summed E-state index contributed by atoms with van der Waals surface area (Å²) in [6.45, 7) is 4.63. The van der Waals surface area contributed by atoms with E-state index in [4.69, 9.17) is 4.42 Å². The number of rotatable bonds is 4. The molecule has 106 valence electrons. The van der Waals surface area contributed by atoms with Crippen molar-refractivity contribution in [3.63, 3.8) is 0 Å². The molecule has 0 saturated carbocycles. The number of anilines is 1. The normalized spacial score (nSPS) is 10.6. The quantitative estimate of drug-likeness (QED) is 0.785. The van der Waals surface area contributed by atoms with Gasteiger partial charge in [0.15, 0.2) is 0 Å². The Morgan fingerprint density at radius 3 is 2.48 bits per heavy atom. The van der Waals surface area contributed by atoms with E-state index in [2.05, 4.69) is 35.4 Å². The summed E-state index contributed by atoms with van der Waals surface area (Å²) < 4.78 is 5.69. The summed E-state index contributed by atoms with van der Waals surface area (Å²) in [6, 6.07) is 16.2. The van der Waals surface area contributed by atoms with Gasteiger partial charge in [0.1, 0.15) is 0 Å². The largest absolute Gasteiger partial charge is 0.419 e. The van der Waals surface area contributed by atoms with Gasteiger partial charge in [0.05, 0.1) is 6.54 Å². The topological polar surface area (TPSA) is 51.0 Å². The summed E-state index contributed by atoms with van der Waals surface area (Å²) in [4.78, 5) is 0. The third-order valence-corrected chi connectivity index (χ3v) is 3.34. The lowest BCUT2D eigenvalue weighted by Crippen LogP contribution is -2.00. The molecule has 0 unspecified atom stereocenters. The van der Waals surface area contributed by atoms with Crippen molar-refractivity contribution in [3.05, 3.63) is 65.5 Å². The highest BCUT2D eigenvalue weighted by Gasteiger charge is 2.08. The van der Waals surface area contributed by atoms with E-state index in [0.717, 1.165) is 11.3 Å². The Balaban J connectivity index is 1.71. The minimum atomic E-state index is 0.518. The number of aromatic nitrogens is 2. The molecule has 1 heterocycles. The maximum Gasteiger partial charge on any atom is 0.247 e. The average molecular weight is 279 g/mol. The van der Waals surface area contributed by atoms with Crippen LogP contribution < -0.4 is 5.32 Å². The van der Waals surface area contributed by atoms with Gasteiger partial charge in [-0.1, -0.05) is 35.9 Å². The average Bonchev–Trinajstić information content (AvgIpc) is 2.96. The lowest BCUT2D eigenvalue weighted by molar-refractivity contribution is 0.515. The Kier molecular flexibility index (Phi) is 3.69. The maximum absolute atomic E-state index is 5.69. The molecule has 0 amide bonds. The van der Waals surface area contributed by atoms with Gasteiger partial charge in [-0.15, -0.1) is 10.2 Å². The van der Waals surface area contributed by atoms with E-state index >= 15 is 0 Å². The molecule has 0 aliphatic heterocycles. The fraction of sp³-hybridized carbons (Fsp3) is 0.176. The highest BCUT2D eigenvalue weighted by molar-refractivity contribution is 5.53. The van der Waals surface area contributed by atoms with E-state index < -0.39 is 0 Å². The van der Waals surface area contributed by atoms with E-state index in [1.807, 2.05) is 42.5 Å². The van der Waals surface area contributed by atoms with Crippen LogP contribution in [-0.4, -0.2) is 10.2 Å². The number of hydrogen-bond donors (Lipinski definition) is 1. The van der Waals surface area contributed by atoms with E-state index in [1.165, 1.54) is 11.1 Å². The van der Waals surface area contributed by atoms with Crippen LogP contribution in [0.15, 0.2) is 52.9 Å². The third-order valence-electron chi connectivity index (χ3n) is 3.34. The van der Waals surface area contributed by atoms with Crippen molar-refractivity contribution in [3.8, 4) is 11.5 Å². The molecule has 0 aliphatic rings. The van der Waals surface area contributed by atoms with Crippen molar-refractivity contribution in [2.45, 2.75) is 20.4 Å².